The van der Waals surface area contributed by atoms with Crippen LogP contribution in [0.5, 0.6) is 0 Å². The van der Waals surface area contributed by atoms with E-state index < -0.39 is 0 Å². The Balaban J connectivity index is 2.68. The molecule has 4 nitrogen and oxygen atoms in total. The number of nitrogens with one attached hydrogen (secondary N) is 1. The molecule has 0 saturated heterocycles. The van der Waals surface area contributed by atoms with Gasteiger partial charge in [-0.1, -0.05) is 13.8 Å². The topological polar surface area (TPSA) is 39.1 Å². The van der Waals surface area contributed by atoms with Crippen LogP contribution in [0.15, 0.2) is 12.3 Å². The minimum absolute atomic E-state index is 0.313. The first-order valence-corrected chi connectivity index (χ1v) is 7.50. The molecule has 0 bridgehead atoms. The van der Waals surface area contributed by atoms with E-state index in [9.17, 15) is 0 Å². The smallest absolute Gasteiger partial charge is 0.0553 e. The average molecular weight is 267 g/mol. The Labute approximate surface area is 117 Å². The Bertz CT molecular complexity index is 338. The van der Waals surface area contributed by atoms with Crippen molar-refractivity contribution in [1.29, 1.82) is 0 Å². The van der Waals surface area contributed by atoms with Gasteiger partial charge in [0.1, 0.15) is 0 Å². The number of methoxy groups -OCH3 is 1. The highest BCUT2D eigenvalue weighted by atomic mass is 16.5. The Morgan fingerprint density at radius 1 is 1.32 bits per heavy atom. The molecule has 1 heterocycles. The van der Waals surface area contributed by atoms with Crippen molar-refractivity contribution in [2.75, 3.05) is 13.7 Å². The first-order valence-electron chi connectivity index (χ1n) is 7.50. The summed E-state index contributed by atoms with van der Waals surface area (Å²) in [6, 6.07) is 2.52. The van der Waals surface area contributed by atoms with Gasteiger partial charge in [0.15, 0.2) is 0 Å². The maximum atomic E-state index is 5.35. The zero-order chi connectivity index (χ0) is 14.1. The maximum Gasteiger partial charge on any atom is 0.0553 e. The van der Waals surface area contributed by atoms with Crippen LogP contribution < -0.4 is 5.32 Å². The molecule has 1 aromatic rings. The van der Waals surface area contributed by atoms with Crippen molar-refractivity contribution in [3.05, 3.63) is 18.0 Å². The quantitative estimate of drug-likeness (QED) is 0.708. The van der Waals surface area contributed by atoms with E-state index in [0.717, 1.165) is 38.8 Å². The Hall–Kier alpha value is -0.870. The molecule has 1 aromatic heterocycles. The SMILES string of the molecule is CCCNC(CCC(C)OC)c1ccnn1CCC. The second-order valence-corrected chi connectivity index (χ2v) is 5.11. The minimum atomic E-state index is 0.313. The van der Waals surface area contributed by atoms with Crippen molar-refractivity contribution in [3.8, 4) is 0 Å². The molecule has 0 amide bonds. The van der Waals surface area contributed by atoms with Gasteiger partial charge in [0.25, 0.3) is 0 Å². The van der Waals surface area contributed by atoms with Crippen LogP contribution in [-0.2, 0) is 11.3 Å². The van der Waals surface area contributed by atoms with E-state index in [-0.39, 0.29) is 0 Å². The highest BCUT2D eigenvalue weighted by Crippen LogP contribution is 2.20. The fourth-order valence-corrected chi connectivity index (χ4v) is 2.23. The van der Waals surface area contributed by atoms with Crippen LogP contribution in [0, 0.1) is 0 Å². The molecule has 1 rings (SSSR count). The molecule has 0 saturated carbocycles. The first-order chi connectivity index (χ1) is 9.22. The molecule has 0 aliphatic carbocycles. The number of hydrogen-bond acceptors (Lipinski definition) is 3. The summed E-state index contributed by atoms with van der Waals surface area (Å²) >= 11 is 0. The standard InChI is InChI=1S/C15H29N3O/c1-5-10-16-14(8-7-13(3)19-4)15-9-11-17-18(15)12-6-2/h9,11,13-14,16H,5-8,10,12H2,1-4H3. The van der Waals surface area contributed by atoms with Crippen molar-refractivity contribution in [2.24, 2.45) is 0 Å². The predicted octanol–water partition coefficient (Wildman–Crippen LogP) is 3.15. The molecule has 0 aliphatic heterocycles. The van der Waals surface area contributed by atoms with Crippen molar-refractivity contribution in [3.63, 3.8) is 0 Å². The average Bonchev–Trinajstić information content (AvgIpc) is 2.87. The minimum Gasteiger partial charge on any atom is -0.382 e. The molecule has 0 aromatic carbocycles. The molecule has 0 fully saturated rings. The van der Waals surface area contributed by atoms with E-state index >= 15 is 0 Å². The summed E-state index contributed by atoms with van der Waals surface area (Å²) in [6.07, 6.45) is 6.64. The highest BCUT2D eigenvalue weighted by Gasteiger charge is 2.16. The highest BCUT2D eigenvalue weighted by molar-refractivity contribution is 5.07. The van der Waals surface area contributed by atoms with Crippen molar-refractivity contribution in [2.45, 2.75) is 65.1 Å². The summed E-state index contributed by atoms with van der Waals surface area (Å²) in [7, 11) is 1.78. The molecule has 110 valence electrons. The van der Waals surface area contributed by atoms with E-state index in [2.05, 4.69) is 41.9 Å². The van der Waals surface area contributed by atoms with Gasteiger partial charge in [0.2, 0.25) is 0 Å². The summed E-state index contributed by atoms with van der Waals surface area (Å²) in [4.78, 5) is 0. The Kier molecular flexibility index (Phi) is 7.75. The molecule has 0 aliphatic rings. The lowest BCUT2D eigenvalue weighted by atomic mass is 10.1. The van der Waals surface area contributed by atoms with Gasteiger partial charge >= 0.3 is 0 Å². The van der Waals surface area contributed by atoms with Gasteiger partial charge in [-0.15, -0.1) is 0 Å². The number of rotatable bonds is 10. The lowest BCUT2D eigenvalue weighted by Gasteiger charge is -2.21. The third-order valence-electron chi connectivity index (χ3n) is 3.45. The number of aryl methyl sites for hydroxylation is 1. The van der Waals surface area contributed by atoms with Crippen LogP contribution in [0.25, 0.3) is 0 Å². The van der Waals surface area contributed by atoms with Crippen molar-refractivity contribution >= 4 is 0 Å². The second-order valence-electron chi connectivity index (χ2n) is 5.11. The lowest BCUT2D eigenvalue weighted by molar-refractivity contribution is 0.105. The molecule has 0 radical (unpaired) electrons. The molecular formula is C15H29N3O. The fourth-order valence-electron chi connectivity index (χ4n) is 2.23. The van der Waals surface area contributed by atoms with Gasteiger partial charge in [-0.2, -0.15) is 5.10 Å². The van der Waals surface area contributed by atoms with Gasteiger partial charge < -0.3 is 10.1 Å². The molecule has 0 spiro atoms. The Morgan fingerprint density at radius 3 is 2.74 bits per heavy atom. The summed E-state index contributed by atoms with van der Waals surface area (Å²) in [5.74, 6) is 0. The summed E-state index contributed by atoms with van der Waals surface area (Å²) < 4.78 is 7.48. The van der Waals surface area contributed by atoms with E-state index in [4.69, 9.17) is 4.74 Å². The van der Waals surface area contributed by atoms with E-state index in [1.807, 2.05) is 6.20 Å². The second kappa shape index (κ2) is 9.10. The third-order valence-corrected chi connectivity index (χ3v) is 3.45. The van der Waals surface area contributed by atoms with Gasteiger partial charge in [-0.05, 0) is 45.2 Å². The molecule has 19 heavy (non-hydrogen) atoms. The fraction of sp³-hybridized carbons (Fsp3) is 0.800. The normalized spacial score (nSPS) is 14.5. The third kappa shape index (κ3) is 5.33. The van der Waals surface area contributed by atoms with E-state index in [1.165, 1.54) is 5.69 Å². The van der Waals surface area contributed by atoms with Gasteiger partial charge in [0, 0.05) is 25.9 Å². The summed E-state index contributed by atoms with van der Waals surface area (Å²) in [5.41, 5.74) is 1.30. The van der Waals surface area contributed by atoms with Crippen LogP contribution in [0.4, 0.5) is 0 Å². The van der Waals surface area contributed by atoms with Crippen molar-refractivity contribution in [1.82, 2.24) is 15.1 Å². The van der Waals surface area contributed by atoms with Crippen molar-refractivity contribution < 1.29 is 4.74 Å². The molecule has 4 heteroatoms. The monoisotopic (exact) mass is 267 g/mol. The zero-order valence-electron chi connectivity index (χ0n) is 12.9. The molecule has 2 atom stereocenters. The molecule has 1 N–H and O–H groups in total. The van der Waals surface area contributed by atoms with Gasteiger partial charge in [0.05, 0.1) is 11.8 Å². The predicted molar refractivity (Wildman–Crippen MR) is 79.3 cm³/mol. The Morgan fingerprint density at radius 2 is 2.11 bits per heavy atom. The van der Waals surface area contributed by atoms with E-state index in [0.29, 0.717) is 12.1 Å². The van der Waals surface area contributed by atoms with Crippen LogP contribution in [-0.4, -0.2) is 29.5 Å². The van der Waals surface area contributed by atoms with Crippen LogP contribution >= 0.6 is 0 Å². The van der Waals surface area contributed by atoms with Crippen LogP contribution in [0.3, 0.4) is 0 Å². The number of ether oxygens (including phenoxy) is 1. The van der Waals surface area contributed by atoms with Gasteiger partial charge in [-0.3, -0.25) is 4.68 Å². The van der Waals surface area contributed by atoms with Crippen LogP contribution in [0.2, 0.25) is 0 Å². The number of hydrogen-bond donors (Lipinski definition) is 1. The first kappa shape index (κ1) is 16.2. The molecule has 2 unspecified atom stereocenters. The zero-order valence-corrected chi connectivity index (χ0v) is 12.9. The number of aromatic nitrogens is 2. The summed E-state index contributed by atoms with van der Waals surface area (Å²) in [6.45, 7) is 8.55. The lowest BCUT2D eigenvalue weighted by Crippen LogP contribution is -2.26. The number of nitrogens with zero attached hydrogens (tertiary/aromatic N) is 2. The maximum absolute atomic E-state index is 5.35. The summed E-state index contributed by atoms with van der Waals surface area (Å²) in [5, 5.41) is 8.06. The molecular weight excluding hydrogens is 238 g/mol. The van der Waals surface area contributed by atoms with Crippen LogP contribution in [0.1, 0.15) is 58.2 Å². The van der Waals surface area contributed by atoms with Gasteiger partial charge in [-0.25, -0.2) is 0 Å². The van der Waals surface area contributed by atoms with E-state index in [1.54, 1.807) is 7.11 Å². The largest absolute Gasteiger partial charge is 0.382 e.